The predicted octanol–water partition coefficient (Wildman–Crippen LogP) is 3.11. The molecule has 1 aromatic heterocycles. The fourth-order valence-electron chi connectivity index (χ4n) is 4.00. The molecule has 3 rings (SSSR count). The lowest BCUT2D eigenvalue weighted by atomic mass is 9.92. The zero-order valence-corrected chi connectivity index (χ0v) is 18.2. The molecule has 1 aromatic carbocycles. The normalized spacial score (nSPS) is 18.1. The maximum absolute atomic E-state index is 12.6. The van der Waals surface area contributed by atoms with Crippen molar-refractivity contribution in [1.29, 1.82) is 0 Å². The third-order valence-corrected chi connectivity index (χ3v) is 7.36. The standard InChI is InChI=1S/C22H31N3O3S/c1-3-21(26)19-11-8-13-24(16-19)17-20-15-23-22(29(27,28)4-2)25(20)14-12-18-9-6-5-7-10-18/h5-7,9-10,15,19H,3-4,8,11-14,16-17H2,1-2H3. The maximum atomic E-state index is 12.6. The highest BCUT2D eigenvalue weighted by atomic mass is 32.2. The summed E-state index contributed by atoms with van der Waals surface area (Å²) in [7, 11) is -3.40. The van der Waals surface area contributed by atoms with Crippen LogP contribution >= 0.6 is 0 Å². The van der Waals surface area contributed by atoms with Gasteiger partial charge in [-0.1, -0.05) is 44.2 Å². The topological polar surface area (TPSA) is 72.3 Å². The Morgan fingerprint density at radius 3 is 2.66 bits per heavy atom. The van der Waals surface area contributed by atoms with Crippen LogP contribution in [0.5, 0.6) is 0 Å². The van der Waals surface area contributed by atoms with E-state index in [9.17, 15) is 13.2 Å². The van der Waals surface area contributed by atoms with Crippen LogP contribution in [0.15, 0.2) is 41.7 Å². The predicted molar refractivity (Wildman–Crippen MR) is 113 cm³/mol. The van der Waals surface area contributed by atoms with Crippen molar-refractivity contribution >= 4 is 15.6 Å². The molecule has 0 N–H and O–H groups in total. The Hall–Kier alpha value is -1.99. The van der Waals surface area contributed by atoms with E-state index < -0.39 is 9.84 Å². The van der Waals surface area contributed by atoms with Gasteiger partial charge in [0.1, 0.15) is 5.78 Å². The molecule has 1 aliphatic rings. The van der Waals surface area contributed by atoms with Crippen LogP contribution in [0.25, 0.3) is 0 Å². The van der Waals surface area contributed by atoms with Crippen molar-refractivity contribution < 1.29 is 13.2 Å². The number of carbonyl (C=O) groups excluding carboxylic acids is 1. The minimum absolute atomic E-state index is 0.0333. The fourth-order valence-corrected chi connectivity index (χ4v) is 5.02. The number of nitrogens with zero attached hydrogens (tertiary/aromatic N) is 3. The number of aromatic nitrogens is 2. The summed E-state index contributed by atoms with van der Waals surface area (Å²) in [5.41, 5.74) is 2.07. The number of imidazole rings is 1. The molecule has 29 heavy (non-hydrogen) atoms. The van der Waals surface area contributed by atoms with Crippen molar-refractivity contribution in [1.82, 2.24) is 14.5 Å². The van der Waals surface area contributed by atoms with Gasteiger partial charge >= 0.3 is 0 Å². The molecule has 0 radical (unpaired) electrons. The van der Waals surface area contributed by atoms with Crippen LogP contribution in [0.3, 0.4) is 0 Å². The molecular weight excluding hydrogens is 386 g/mol. The summed E-state index contributed by atoms with van der Waals surface area (Å²) in [4.78, 5) is 18.7. The summed E-state index contributed by atoms with van der Waals surface area (Å²) in [5, 5.41) is 0.157. The average molecular weight is 418 g/mol. The first-order valence-corrected chi connectivity index (χ1v) is 12.2. The number of sulfone groups is 1. The summed E-state index contributed by atoms with van der Waals surface area (Å²) >= 11 is 0. The van der Waals surface area contributed by atoms with Gasteiger partial charge in [-0.25, -0.2) is 13.4 Å². The second-order valence-electron chi connectivity index (χ2n) is 7.72. The summed E-state index contributed by atoms with van der Waals surface area (Å²) < 4.78 is 27.0. The van der Waals surface area contributed by atoms with E-state index in [1.165, 1.54) is 5.56 Å². The molecule has 0 saturated carbocycles. The third-order valence-electron chi connectivity index (χ3n) is 5.72. The number of hydrogen-bond acceptors (Lipinski definition) is 5. The van der Waals surface area contributed by atoms with E-state index >= 15 is 0 Å². The highest BCUT2D eigenvalue weighted by Crippen LogP contribution is 2.22. The van der Waals surface area contributed by atoms with Crippen molar-refractivity contribution in [2.75, 3.05) is 18.8 Å². The lowest BCUT2D eigenvalue weighted by molar-refractivity contribution is -0.124. The maximum Gasteiger partial charge on any atom is 0.227 e. The van der Waals surface area contributed by atoms with Gasteiger partial charge in [-0.2, -0.15) is 0 Å². The van der Waals surface area contributed by atoms with Crippen molar-refractivity contribution in [3.8, 4) is 0 Å². The van der Waals surface area contributed by atoms with E-state index in [4.69, 9.17) is 0 Å². The van der Waals surface area contributed by atoms with Crippen LogP contribution in [0, 0.1) is 5.92 Å². The van der Waals surface area contributed by atoms with Crippen LogP contribution in [0.2, 0.25) is 0 Å². The molecular formula is C22H31N3O3S. The fraction of sp³-hybridized carbons (Fsp3) is 0.545. The minimum atomic E-state index is -3.40. The molecule has 0 bridgehead atoms. The lowest BCUT2D eigenvalue weighted by Crippen LogP contribution is -2.38. The summed E-state index contributed by atoms with van der Waals surface area (Å²) in [6.45, 7) is 6.42. The number of benzene rings is 1. The number of aryl methyl sites for hydroxylation is 1. The molecule has 2 heterocycles. The van der Waals surface area contributed by atoms with Crippen LogP contribution < -0.4 is 0 Å². The first kappa shape index (κ1) is 21.7. The number of carbonyl (C=O) groups is 1. The van der Waals surface area contributed by atoms with Gasteiger partial charge in [0.2, 0.25) is 15.0 Å². The minimum Gasteiger partial charge on any atom is -0.317 e. The van der Waals surface area contributed by atoms with Gasteiger partial charge in [-0.05, 0) is 31.4 Å². The second-order valence-corrected chi connectivity index (χ2v) is 9.89. The van der Waals surface area contributed by atoms with Gasteiger partial charge in [0.05, 0.1) is 17.6 Å². The number of hydrogen-bond donors (Lipinski definition) is 0. The zero-order valence-electron chi connectivity index (χ0n) is 17.4. The molecule has 1 aliphatic heterocycles. The number of piperidine rings is 1. The van der Waals surface area contributed by atoms with E-state index in [0.29, 0.717) is 25.3 Å². The van der Waals surface area contributed by atoms with Crippen molar-refractivity contribution in [2.24, 2.45) is 5.92 Å². The van der Waals surface area contributed by atoms with Crippen LogP contribution in [-0.4, -0.2) is 47.5 Å². The molecule has 0 amide bonds. The monoisotopic (exact) mass is 417 g/mol. The Balaban J connectivity index is 1.81. The smallest absolute Gasteiger partial charge is 0.227 e. The number of ketones is 1. The molecule has 1 atom stereocenters. The van der Waals surface area contributed by atoms with Crippen LogP contribution in [0.4, 0.5) is 0 Å². The van der Waals surface area contributed by atoms with E-state index in [0.717, 1.165) is 38.0 Å². The molecule has 158 valence electrons. The molecule has 0 aliphatic carbocycles. The molecule has 7 heteroatoms. The molecule has 2 aromatic rings. The molecule has 6 nitrogen and oxygen atoms in total. The molecule has 1 fully saturated rings. The highest BCUT2D eigenvalue weighted by Gasteiger charge is 2.27. The largest absolute Gasteiger partial charge is 0.317 e. The van der Waals surface area contributed by atoms with Gasteiger partial charge in [0, 0.05) is 32.0 Å². The van der Waals surface area contributed by atoms with E-state index in [1.54, 1.807) is 13.1 Å². The first-order chi connectivity index (χ1) is 13.9. The first-order valence-electron chi connectivity index (χ1n) is 10.5. The summed E-state index contributed by atoms with van der Waals surface area (Å²) in [6.07, 6.45) is 4.96. The quantitative estimate of drug-likeness (QED) is 0.627. The molecule has 1 unspecified atom stereocenters. The van der Waals surface area contributed by atoms with Gasteiger partial charge < -0.3 is 4.57 Å². The lowest BCUT2D eigenvalue weighted by Gasteiger charge is -2.32. The Labute approximate surface area is 173 Å². The molecule has 1 saturated heterocycles. The van der Waals surface area contributed by atoms with Crippen LogP contribution in [0.1, 0.15) is 44.4 Å². The summed E-state index contributed by atoms with van der Waals surface area (Å²) in [6, 6.07) is 10.1. The highest BCUT2D eigenvalue weighted by molar-refractivity contribution is 7.91. The SMILES string of the molecule is CCC(=O)C1CCCN(Cc2cnc(S(=O)(=O)CC)n2CCc2ccccc2)C1. The third kappa shape index (κ3) is 5.34. The molecule has 0 spiro atoms. The van der Waals surface area contributed by atoms with E-state index in [-0.39, 0.29) is 16.8 Å². The van der Waals surface area contributed by atoms with Crippen LogP contribution in [-0.2, 0) is 34.1 Å². The number of Topliss-reactive ketones (excluding diaryl/α,β-unsaturated/α-hetero) is 1. The van der Waals surface area contributed by atoms with E-state index in [2.05, 4.69) is 22.0 Å². The number of rotatable bonds is 9. The summed E-state index contributed by atoms with van der Waals surface area (Å²) in [5.74, 6) is 0.445. The Morgan fingerprint density at radius 1 is 1.21 bits per heavy atom. The van der Waals surface area contributed by atoms with Gasteiger partial charge in [-0.15, -0.1) is 0 Å². The zero-order chi connectivity index (χ0) is 20.9. The van der Waals surface area contributed by atoms with Crippen molar-refractivity contribution in [3.05, 3.63) is 47.8 Å². The second kappa shape index (κ2) is 9.67. The Morgan fingerprint density at radius 2 is 1.97 bits per heavy atom. The van der Waals surface area contributed by atoms with E-state index in [1.807, 2.05) is 29.7 Å². The van der Waals surface area contributed by atoms with Gasteiger partial charge in [-0.3, -0.25) is 9.69 Å². The Kier molecular flexibility index (Phi) is 7.24. The average Bonchev–Trinajstić information content (AvgIpc) is 3.15. The Bertz CT molecular complexity index is 922. The van der Waals surface area contributed by atoms with Crippen molar-refractivity contribution in [3.63, 3.8) is 0 Å². The van der Waals surface area contributed by atoms with Crippen molar-refractivity contribution in [2.45, 2.75) is 57.8 Å². The van der Waals surface area contributed by atoms with Gasteiger partial charge in [0.15, 0.2) is 0 Å². The van der Waals surface area contributed by atoms with Gasteiger partial charge in [0.25, 0.3) is 0 Å². The number of likely N-dealkylation sites (tertiary alicyclic amines) is 1.